The fourth-order valence-corrected chi connectivity index (χ4v) is 2.28. The van der Waals surface area contributed by atoms with Gasteiger partial charge in [-0.1, -0.05) is 11.6 Å². The number of halogens is 1. The lowest BCUT2D eigenvalue weighted by molar-refractivity contribution is -0.384. The monoisotopic (exact) mass is 300 g/mol. The second kappa shape index (κ2) is 6.17. The predicted octanol–water partition coefficient (Wildman–Crippen LogP) is 1.08. The number of benzene rings is 1. The largest absolute Gasteiger partial charge is 0.394 e. The van der Waals surface area contributed by atoms with Crippen molar-refractivity contribution in [1.82, 2.24) is 4.90 Å². The number of aliphatic hydroxyl groups excluding tert-OH is 1. The molecule has 1 saturated heterocycles. The summed E-state index contributed by atoms with van der Waals surface area (Å²) in [6, 6.07) is 3.41. The zero-order valence-electron chi connectivity index (χ0n) is 10.5. The van der Waals surface area contributed by atoms with Gasteiger partial charge in [-0.05, 0) is 12.1 Å². The Kier molecular flexibility index (Phi) is 4.53. The smallest absolute Gasteiger partial charge is 0.287 e. The first-order chi connectivity index (χ1) is 9.54. The zero-order valence-corrected chi connectivity index (χ0v) is 11.2. The lowest BCUT2D eigenvalue weighted by Crippen LogP contribution is -2.50. The van der Waals surface area contributed by atoms with Crippen LogP contribution in [0.15, 0.2) is 18.2 Å². The molecule has 1 heterocycles. The van der Waals surface area contributed by atoms with Crippen molar-refractivity contribution >= 4 is 23.2 Å². The summed E-state index contributed by atoms with van der Waals surface area (Å²) in [6.07, 6.45) is 0. The third-order valence-electron chi connectivity index (χ3n) is 3.09. The zero-order chi connectivity index (χ0) is 14.7. The molecule has 1 aliphatic rings. The van der Waals surface area contributed by atoms with Gasteiger partial charge >= 0.3 is 0 Å². The Morgan fingerprint density at radius 3 is 2.95 bits per heavy atom. The number of hydrogen-bond acceptors (Lipinski definition) is 5. The van der Waals surface area contributed by atoms with Gasteiger partial charge in [-0.15, -0.1) is 0 Å². The molecule has 1 atom stereocenters. The number of rotatable bonds is 3. The number of carbonyl (C=O) groups is 1. The Morgan fingerprint density at radius 1 is 1.60 bits per heavy atom. The van der Waals surface area contributed by atoms with Crippen molar-refractivity contribution in [2.24, 2.45) is 0 Å². The molecule has 0 saturated carbocycles. The molecule has 0 bridgehead atoms. The molecular weight excluding hydrogens is 288 g/mol. The van der Waals surface area contributed by atoms with Gasteiger partial charge in [-0.3, -0.25) is 14.9 Å². The van der Waals surface area contributed by atoms with E-state index in [1.165, 1.54) is 23.1 Å². The Balaban J connectivity index is 2.24. The molecular formula is C12H13ClN2O5. The quantitative estimate of drug-likeness (QED) is 0.666. The van der Waals surface area contributed by atoms with E-state index in [0.29, 0.717) is 13.2 Å². The molecule has 1 aromatic rings. The van der Waals surface area contributed by atoms with Gasteiger partial charge in [-0.25, -0.2) is 0 Å². The standard InChI is InChI=1S/C12H13ClN2O5/c13-10-5-8(1-2-11(10)15(18)19)12(17)14-3-4-20-7-9(14)6-16/h1-2,5,9,16H,3-4,6-7H2. The highest BCUT2D eigenvalue weighted by molar-refractivity contribution is 6.33. The predicted molar refractivity (Wildman–Crippen MR) is 70.8 cm³/mol. The van der Waals surface area contributed by atoms with E-state index in [1.54, 1.807) is 0 Å². The highest BCUT2D eigenvalue weighted by Crippen LogP contribution is 2.26. The van der Waals surface area contributed by atoms with Crippen molar-refractivity contribution in [2.45, 2.75) is 6.04 Å². The lowest BCUT2D eigenvalue weighted by atomic mass is 10.1. The van der Waals surface area contributed by atoms with Crippen molar-refractivity contribution in [3.8, 4) is 0 Å². The maximum atomic E-state index is 12.3. The molecule has 20 heavy (non-hydrogen) atoms. The van der Waals surface area contributed by atoms with E-state index in [-0.39, 0.29) is 35.4 Å². The van der Waals surface area contributed by atoms with Crippen molar-refractivity contribution < 1.29 is 19.6 Å². The number of morpholine rings is 1. The second-order valence-corrected chi connectivity index (χ2v) is 4.74. The van der Waals surface area contributed by atoms with Crippen molar-refractivity contribution in [3.05, 3.63) is 38.9 Å². The number of nitro groups is 1. The Bertz CT molecular complexity index is 537. The first kappa shape index (κ1) is 14.7. The first-order valence-corrected chi connectivity index (χ1v) is 6.36. The van der Waals surface area contributed by atoms with Crippen molar-refractivity contribution in [1.29, 1.82) is 0 Å². The summed E-state index contributed by atoms with van der Waals surface area (Å²) >= 11 is 5.79. The summed E-state index contributed by atoms with van der Waals surface area (Å²) in [5.74, 6) is -0.329. The summed E-state index contributed by atoms with van der Waals surface area (Å²) in [4.78, 5) is 23.9. The molecule has 0 aromatic heterocycles. The number of amides is 1. The van der Waals surface area contributed by atoms with Gasteiger partial charge in [0.15, 0.2) is 0 Å². The molecule has 1 aliphatic heterocycles. The summed E-state index contributed by atoms with van der Waals surface area (Å²) in [6.45, 7) is 0.816. The molecule has 1 amide bonds. The molecule has 0 radical (unpaired) electrons. The van der Waals surface area contributed by atoms with Gasteiger partial charge in [0.1, 0.15) is 5.02 Å². The maximum absolute atomic E-state index is 12.3. The molecule has 7 nitrogen and oxygen atoms in total. The summed E-state index contributed by atoms with van der Waals surface area (Å²) in [5.41, 5.74) is 0.00449. The summed E-state index contributed by atoms with van der Waals surface area (Å²) < 4.78 is 5.19. The van der Waals surface area contributed by atoms with Crippen molar-refractivity contribution in [2.75, 3.05) is 26.4 Å². The molecule has 0 aliphatic carbocycles. The van der Waals surface area contributed by atoms with Crippen LogP contribution in [0.2, 0.25) is 5.02 Å². The second-order valence-electron chi connectivity index (χ2n) is 4.33. The molecule has 1 fully saturated rings. The minimum atomic E-state index is -0.609. The van der Waals surface area contributed by atoms with Crippen LogP contribution >= 0.6 is 11.6 Å². The van der Waals surface area contributed by atoms with Gasteiger partial charge in [-0.2, -0.15) is 0 Å². The summed E-state index contributed by atoms with van der Waals surface area (Å²) in [7, 11) is 0. The van der Waals surface area contributed by atoms with Crippen LogP contribution in [0.25, 0.3) is 0 Å². The maximum Gasteiger partial charge on any atom is 0.287 e. The van der Waals surface area contributed by atoms with E-state index in [0.717, 1.165) is 0 Å². The Hall–Kier alpha value is -1.70. The molecule has 2 rings (SSSR count). The highest BCUT2D eigenvalue weighted by atomic mass is 35.5. The van der Waals surface area contributed by atoms with Crippen LogP contribution in [-0.2, 0) is 4.74 Å². The van der Waals surface area contributed by atoms with E-state index in [4.69, 9.17) is 16.3 Å². The number of hydrogen-bond donors (Lipinski definition) is 1. The summed E-state index contributed by atoms with van der Waals surface area (Å²) in [5, 5.41) is 19.8. The molecule has 8 heteroatoms. The number of ether oxygens (including phenoxy) is 1. The average molecular weight is 301 g/mol. The molecule has 0 spiro atoms. The minimum Gasteiger partial charge on any atom is -0.394 e. The van der Waals surface area contributed by atoms with Gasteiger partial charge in [0.25, 0.3) is 11.6 Å². The van der Waals surface area contributed by atoms with Gasteiger partial charge in [0.2, 0.25) is 0 Å². The van der Waals surface area contributed by atoms with E-state index in [2.05, 4.69) is 0 Å². The van der Waals surface area contributed by atoms with Crippen LogP contribution in [0, 0.1) is 10.1 Å². The van der Waals surface area contributed by atoms with E-state index in [9.17, 15) is 20.0 Å². The number of aliphatic hydroxyl groups is 1. The fourth-order valence-electron chi connectivity index (χ4n) is 2.03. The van der Waals surface area contributed by atoms with Gasteiger partial charge in [0.05, 0.1) is 30.8 Å². The number of carbonyl (C=O) groups excluding carboxylic acids is 1. The van der Waals surface area contributed by atoms with Crippen LogP contribution in [0.3, 0.4) is 0 Å². The van der Waals surface area contributed by atoms with Crippen molar-refractivity contribution in [3.63, 3.8) is 0 Å². The first-order valence-electron chi connectivity index (χ1n) is 5.98. The van der Waals surface area contributed by atoms with Crippen LogP contribution in [0.4, 0.5) is 5.69 Å². The Labute approximate surface area is 119 Å². The van der Waals surface area contributed by atoms with Gasteiger partial charge in [0, 0.05) is 18.2 Å². The third-order valence-corrected chi connectivity index (χ3v) is 3.39. The van der Waals surface area contributed by atoms with Crippen LogP contribution in [0.1, 0.15) is 10.4 Å². The Morgan fingerprint density at radius 2 is 2.35 bits per heavy atom. The van der Waals surface area contributed by atoms with Gasteiger partial charge < -0.3 is 14.7 Å². The topological polar surface area (TPSA) is 92.9 Å². The lowest BCUT2D eigenvalue weighted by Gasteiger charge is -2.34. The number of nitro benzene ring substituents is 1. The molecule has 1 unspecified atom stereocenters. The van der Waals surface area contributed by atoms with E-state index >= 15 is 0 Å². The third kappa shape index (κ3) is 2.90. The normalized spacial score (nSPS) is 18.9. The van der Waals surface area contributed by atoms with E-state index < -0.39 is 11.0 Å². The highest BCUT2D eigenvalue weighted by Gasteiger charge is 2.28. The van der Waals surface area contributed by atoms with Crippen LogP contribution in [0.5, 0.6) is 0 Å². The average Bonchev–Trinajstić information content (AvgIpc) is 2.45. The van der Waals surface area contributed by atoms with Crippen LogP contribution < -0.4 is 0 Å². The molecule has 1 aromatic carbocycles. The SMILES string of the molecule is O=C(c1ccc([N+](=O)[O-])c(Cl)c1)N1CCOCC1CO. The van der Waals surface area contributed by atoms with Crippen LogP contribution in [-0.4, -0.2) is 53.2 Å². The minimum absolute atomic E-state index is 0.0883. The molecule has 1 N–H and O–H groups in total. The van der Waals surface area contributed by atoms with E-state index in [1.807, 2.05) is 0 Å². The molecule has 108 valence electrons. The fraction of sp³-hybridized carbons (Fsp3) is 0.417. The number of nitrogens with zero attached hydrogens (tertiary/aromatic N) is 2.